The van der Waals surface area contributed by atoms with Gasteiger partial charge >= 0.3 is 0 Å². The van der Waals surface area contributed by atoms with E-state index >= 15 is 0 Å². The first-order chi connectivity index (χ1) is 18.5. The third-order valence-electron chi connectivity index (χ3n) is 7.67. The van der Waals surface area contributed by atoms with Crippen molar-refractivity contribution in [3.63, 3.8) is 0 Å². The predicted octanol–water partition coefficient (Wildman–Crippen LogP) is 6.51. The van der Waals surface area contributed by atoms with Gasteiger partial charge < -0.3 is 10.1 Å². The van der Waals surface area contributed by atoms with E-state index in [-0.39, 0.29) is 23.7 Å². The number of benzene rings is 4. The molecule has 4 atom stereocenters. The number of anilines is 1. The molecule has 0 bridgehead atoms. The fourth-order valence-corrected chi connectivity index (χ4v) is 6.19. The first-order valence-electron chi connectivity index (χ1n) is 12.8. The number of Topliss-reactive ketones (excluding diaryl/α,β-unsaturated/α-hetero) is 1. The van der Waals surface area contributed by atoms with Crippen molar-refractivity contribution in [2.24, 2.45) is 5.92 Å². The zero-order valence-corrected chi connectivity index (χ0v) is 21.6. The Balaban J connectivity index is 1.59. The number of hydrogen-bond acceptors (Lipinski definition) is 4. The van der Waals surface area contributed by atoms with E-state index < -0.39 is 11.5 Å². The van der Waals surface area contributed by atoms with Crippen molar-refractivity contribution in [3.8, 4) is 5.75 Å². The summed E-state index contributed by atoms with van der Waals surface area (Å²) in [6, 6.07) is 32.1. The molecule has 2 N–H and O–H groups in total. The van der Waals surface area contributed by atoms with Crippen LogP contribution in [-0.2, 0) is 10.3 Å². The minimum atomic E-state index is -1.25. The van der Waals surface area contributed by atoms with Crippen LogP contribution >= 0.6 is 11.6 Å². The van der Waals surface area contributed by atoms with E-state index in [4.69, 9.17) is 16.3 Å². The molecule has 6 heteroatoms. The number of carbonyl (C=O) groups excluding carboxylic acids is 2. The summed E-state index contributed by atoms with van der Waals surface area (Å²) < 4.78 is 5.69. The van der Waals surface area contributed by atoms with Crippen molar-refractivity contribution in [2.45, 2.75) is 24.4 Å². The van der Waals surface area contributed by atoms with Crippen LogP contribution in [0.1, 0.15) is 45.9 Å². The Morgan fingerprint density at radius 1 is 0.868 bits per heavy atom. The van der Waals surface area contributed by atoms with Gasteiger partial charge in [0.05, 0.1) is 12.5 Å². The molecule has 4 aromatic rings. The topological polar surface area (TPSA) is 67.4 Å². The van der Waals surface area contributed by atoms with Crippen LogP contribution in [0.4, 0.5) is 5.69 Å². The Labute approximate surface area is 226 Å². The number of rotatable bonds is 6. The predicted molar refractivity (Wildman–Crippen MR) is 149 cm³/mol. The van der Waals surface area contributed by atoms with Gasteiger partial charge in [0.2, 0.25) is 5.91 Å². The van der Waals surface area contributed by atoms with Crippen LogP contribution < -0.4 is 15.4 Å². The van der Waals surface area contributed by atoms with Crippen molar-refractivity contribution in [2.75, 3.05) is 11.9 Å². The van der Waals surface area contributed by atoms with Crippen molar-refractivity contribution in [1.29, 1.82) is 0 Å². The largest absolute Gasteiger partial charge is 0.494 e. The maximum absolute atomic E-state index is 14.5. The van der Waals surface area contributed by atoms with E-state index in [2.05, 4.69) is 10.6 Å². The minimum absolute atomic E-state index is 0.113. The standard InChI is InChI=1S/C32H27ClN2O3/c1-2-38-24-18-14-20(15-19-24)27-28(30(36)22-12-16-23(33)17-13-22)32(35-29(27)21-8-4-3-5-9-21)25-10-6-7-11-26(25)34-31(32)37/h3-19,27-29,35H,2H2,1H3,(H,34,37)/t27-,28?,29+,32?/m0/s1. The van der Waals surface area contributed by atoms with Crippen molar-refractivity contribution in [1.82, 2.24) is 5.32 Å². The van der Waals surface area contributed by atoms with Gasteiger partial charge in [-0.2, -0.15) is 0 Å². The number of ether oxygens (including phenoxy) is 1. The maximum atomic E-state index is 14.5. The second kappa shape index (κ2) is 9.75. The van der Waals surface area contributed by atoms with Gasteiger partial charge in [-0.1, -0.05) is 72.3 Å². The Bertz CT molecular complexity index is 1490. The van der Waals surface area contributed by atoms with E-state index in [0.29, 0.717) is 17.2 Å². The lowest BCUT2D eigenvalue weighted by molar-refractivity contribution is -0.122. The third kappa shape index (κ3) is 3.90. The molecule has 5 nitrogen and oxygen atoms in total. The highest BCUT2D eigenvalue weighted by Gasteiger charge is 2.64. The van der Waals surface area contributed by atoms with Gasteiger partial charge in [0.25, 0.3) is 0 Å². The van der Waals surface area contributed by atoms with Crippen LogP contribution in [0.5, 0.6) is 5.75 Å². The van der Waals surface area contributed by atoms with Gasteiger partial charge in [-0.15, -0.1) is 0 Å². The number of hydrogen-bond donors (Lipinski definition) is 2. The highest BCUT2D eigenvalue weighted by molar-refractivity contribution is 6.30. The molecule has 1 spiro atoms. The summed E-state index contributed by atoms with van der Waals surface area (Å²) in [5.74, 6) is -0.639. The molecule has 2 unspecified atom stereocenters. The minimum Gasteiger partial charge on any atom is -0.494 e. The molecular weight excluding hydrogens is 496 g/mol. The molecular formula is C32H27ClN2O3. The lowest BCUT2D eigenvalue weighted by Gasteiger charge is -2.31. The number of carbonyl (C=O) groups is 2. The van der Waals surface area contributed by atoms with Gasteiger partial charge in [-0.05, 0) is 60.5 Å². The quantitative estimate of drug-likeness (QED) is 0.283. The number of nitrogens with one attached hydrogen (secondary N) is 2. The third-order valence-corrected chi connectivity index (χ3v) is 7.92. The highest BCUT2D eigenvalue weighted by Crippen LogP contribution is 2.57. The summed E-state index contributed by atoms with van der Waals surface area (Å²) in [5, 5.41) is 7.30. The molecule has 0 aromatic heterocycles. The van der Waals surface area contributed by atoms with Crippen LogP contribution in [0.25, 0.3) is 0 Å². The average molecular weight is 523 g/mol. The van der Waals surface area contributed by atoms with Crippen LogP contribution in [0.2, 0.25) is 5.02 Å². The summed E-state index contributed by atoms with van der Waals surface area (Å²) in [7, 11) is 0. The van der Waals surface area contributed by atoms with Crippen molar-refractivity contribution >= 4 is 29.0 Å². The van der Waals surface area contributed by atoms with Crippen molar-refractivity contribution < 1.29 is 14.3 Å². The lowest BCUT2D eigenvalue weighted by atomic mass is 9.69. The Hall–Kier alpha value is -3.93. The first kappa shape index (κ1) is 24.4. The van der Waals surface area contributed by atoms with Gasteiger partial charge in [-0.25, -0.2) is 0 Å². The fourth-order valence-electron chi connectivity index (χ4n) is 6.06. The molecule has 1 amide bonds. The molecule has 2 aliphatic heterocycles. The van der Waals surface area contributed by atoms with E-state index in [1.54, 1.807) is 24.3 Å². The van der Waals surface area contributed by atoms with Crippen LogP contribution in [-0.4, -0.2) is 18.3 Å². The van der Waals surface area contributed by atoms with Crippen LogP contribution in [0, 0.1) is 5.92 Å². The summed E-state index contributed by atoms with van der Waals surface area (Å²) in [5.41, 5.74) is 2.73. The van der Waals surface area contributed by atoms with Gasteiger partial charge in [0.1, 0.15) is 11.3 Å². The lowest BCUT2D eigenvalue weighted by Crippen LogP contribution is -2.50. The zero-order chi connectivity index (χ0) is 26.3. The number of ketones is 1. The number of para-hydroxylation sites is 1. The second-order valence-electron chi connectivity index (χ2n) is 9.72. The molecule has 0 radical (unpaired) electrons. The average Bonchev–Trinajstić information content (AvgIpc) is 3.45. The molecule has 1 fully saturated rings. The summed E-state index contributed by atoms with van der Waals surface area (Å²) >= 11 is 6.16. The van der Waals surface area contributed by atoms with E-state index in [0.717, 1.165) is 28.1 Å². The number of amides is 1. The molecule has 0 saturated carbocycles. The van der Waals surface area contributed by atoms with Gasteiger partial charge in [0.15, 0.2) is 5.78 Å². The monoisotopic (exact) mass is 522 g/mol. The molecule has 38 heavy (non-hydrogen) atoms. The Morgan fingerprint density at radius 2 is 1.55 bits per heavy atom. The fraction of sp³-hybridized carbons (Fsp3) is 0.188. The molecule has 190 valence electrons. The van der Waals surface area contributed by atoms with E-state index in [1.165, 1.54) is 0 Å². The SMILES string of the molecule is CCOc1ccc([C@H]2C(C(=O)c3ccc(Cl)cc3)C3(N[C@@H]2c2ccccc2)C(=O)Nc2ccccc23)cc1. The summed E-state index contributed by atoms with van der Waals surface area (Å²) in [6.45, 7) is 2.51. The maximum Gasteiger partial charge on any atom is 0.250 e. The summed E-state index contributed by atoms with van der Waals surface area (Å²) in [4.78, 5) is 28.5. The molecule has 6 rings (SSSR count). The second-order valence-corrected chi connectivity index (χ2v) is 10.2. The summed E-state index contributed by atoms with van der Waals surface area (Å²) in [6.07, 6.45) is 0. The molecule has 2 aliphatic rings. The normalized spacial score (nSPS) is 23.7. The molecule has 0 aliphatic carbocycles. The van der Waals surface area contributed by atoms with Crippen molar-refractivity contribution in [3.05, 3.63) is 130 Å². The Kier molecular flexibility index (Phi) is 6.26. The van der Waals surface area contributed by atoms with Crippen LogP contribution in [0.15, 0.2) is 103 Å². The van der Waals surface area contributed by atoms with Gasteiger partial charge in [0, 0.05) is 33.8 Å². The molecule has 4 aromatic carbocycles. The van der Waals surface area contributed by atoms with Gasteiger partial charge in [-0.3, -0.25) is 14.9 Å². The zero-order valence-electron chi connectivity index (χ0n) is 20.9. The number of fused-ring (bicyclic) bond motifs is 2. The number of halogens is 1. The smallest absolute Gasteiger partial charge is 0.250 e. The molecule has 1 saturated heterocycles. The Morgan fingerprint density at radius 3 is 2.26 bits per heavy atom. The van der Waals surface area contributed by atoms with E-state index in [1.807, 2.05) is 85.8 Å². The first-order valence-corrected chi connectivity index (χ1v) is 13.2. The van der Waals surface area contributed by atoms with E-state index in [9.17, 15) is 9.59 Å². The highest BCUT2D eigenvalue weighted by atomic mass is 35.5. The van der Waals surface area contributed by atoms with Crippen LogP contribution in [0.3, 0.4) is 0 Å². The molecule has 2 heterocycles.